The Labute approximate surface area is 125 Å². The highest BCUT2D eigenvalue weighted by molar-refractivity contribution is 5.29. The van der Waals surface area contributed by atoms with Crippen molar-refractivity contribution < 1.29 is 0 Å². The molecule has 0 unspecified atom stereocenters. The molecule has 1 saturated carbocycles. The molecule has 0 saturated heterocycles. The maximum Gasteiger partial charge on any atom is -0.00173 e. The van der Waals surface area contributed by atoms with Crippen LogP contribution < -0.4 is 5.73 Å². The van der Waals surface area contributed by atoms with Gasteiger partial charge < -0.3 is 5.73 Å². The van der Waals surface area contributed by atoms with Gasteiger partial charge in [0.15, 0.2) is 0 Å². The average molecular weight is 273 g/mol. The third-order valence-corrected chi connectivity index (χ3v) is 5.33. The van der Waals surface area contributed by atoms with Crippen molar-refractivity contribution >= 4 is 0 Å². The van der Waals surface area contributed by atoms with Crippen molar-refractivity contribution in [3.8, 4) is 0 Å². The van der Waals surface area contributed by atoms with Crippen LogP contribution in [-0.2, 0) is 6.42 Å². The Morgan fingerprint density at radius 3 is 2.10 bits per heavy atom. The Hall–Kier alpha value is -0.820. The van der Waals surface area contributed by atoms with Crippen LogP contribution in [0.1, 0.15) is 56.2 Å². The molecule has 112 valence electrons. The second-order valence-corrected chi connectivity index (χ2v) is 7.46. The number of hydrogen-bond donors (Lipinski definition) is 1. The van der Waals surface area contributed by atoms with Crippen LogP contribution in [0.5, 0.6) is 0 Å². The Kier molecular flexibility index (Phi) is 4.90. The van der Waals surface area contributed by atoms with Gasteiger partial charge in [0.25, 0.3) is 0 Å². The molecule has 1 fully saturated rings. The summed E-state index contributed by atoms with van der Waals surface area (Å²) in [4.78, 5) is 0. The third kappa shape index (κ3) is 3.63. The molecule has 0 atom stereocenters. The lowest BCUT2D eigenvalue weighted by molar-refractivity contribution is 0.132. The molecule has 2 N–H and O–H groups in total. The van der Waals surface area contributed by atoms with Crippen molar-refractivity contribution in [1.29, 1.82) is 0 Å². The first kappa shape index (κ1) is 15.6. The smallest absolute Gasteiger partial charge is 0.00173 e. The highest BCUT2D eigenvalue weighted by atomic mass is 14.6. The molecule has 1 heteroatoms. The van der Waals surface area contributed by atoms with Gasteiger partial charge in [-0.25, -0.2) is 0 Å². The van der Waals surface area contributed by atoms with Crippen LogP contribution in [0.25, 0.3) is 0 Å². The Balaban J connectivity index is 2.09. The molecular weight excluding hydrogens is 242 g/mol. The molecule has 1 aromatic rings. The second-order valence-electron chi connectivity index (χ2n) is 7.46. The number of nitrogens with two attached hydrogens (primary N) is 1. The molecule has 2 rings (SSSR count). The Morgan fingerprint density at radius 2 is 1.65 bits per heavy atom. The fourth-order valence-corrected chi connectivity index (χ4v) is 3.98. The van der Waals surface area contributed by atoms with Crippen LogP contribution in [0.4, 0.5) is 0 Å². The predicted octanol–water partition coefficient (Wildman–Crippen LogP) is 4.64. The number of benzene rings is 1. The van der Waals surface area contributed by atoms with Gasteiger partial charge >= 0.3 is 0 Å². The lowest BCUT2D eigenvalue weighted by Crippen LogP contribution is -2.37. The molecule has 0 aromatic heterocycles. The normalized spacial score (nSPS) is 27.0. The summed E-state index contributed by atoms with van der Waals surface area (Å²) in [6, 6.07) is 6.95. The molecule has 0 heterocycles. The number of hydrogen-bond acceptors (Lipinski definition) is 1. The van der Waals surface area contributed by atoms with E-state index in [1.54, 1.807) is 0 Å². The van der Waals surface area contributed by atoms with E-state index >= 15 is 0 Å². The third-order valence-electron chi connectivity index (χ3n) is 5.33. The highest BCUT2D eigenvalue weighted by Crippen LogP contribution is 2.43. The number of rotatable bonds is 4. The minimum Gasteiger partial charge on any atom is -0.330 e. The zero-order chi connectivity index (χ0) is 14.8. The van der Waals surface area contributed by atoms with Gasteiger partial charge in [-0.15, -0.1) is 0 Å². The van der Waals surface area contributed by atoms with E-state index < -0.39 is 0 Å². The summed E-state index contributed by atoms with van der Waals surface area (Å²) in [6.45, 7) is 9.96. The fraction of sp³-hybridized carbons (Fsp3) is 0.684. The van der Waals surface area contributed by atoms with E-state index in [9.17, 15) is 0 Å². The molecule has 1 aliphatic rings. The SMILES string of the molecule is Cc1cc(C)cc(CC2(CN)CCC(C(C)C)CC2)c1. The van der Waals surface area contributed by atoms with Gasteiger partial charge in [-0.05, 0) is 75.3 Å². The van der Waals surface area contributed by atoms with Crippen LogP contribution in [-0.4, -0.2) is 6.54 Å². The Morgan fingerprint density at radius 1 is 1.10 bits per heavy atom. The van der Waals surface area contributed by atoms with Crippen molar-refractivity contribution in [3.63, 3.8) is 0 Å². The van der Waals surface area contributed by atoms with Gasteiger partial charge in [-0.1, -0.05) is 43.2 Å². The van der Waals surface area contributed by atoms with Gasteiger partial charge in [0.05, 0.1) is 0 Å². The van der Waals surface area contributed by atoms with E-state index in [0.717, 1.165) is 24.8 Å². The molecule has 1 aromatic carbocycles. The summed E-state index contributed by atoms with van der Waals surface area (Å²) >= 11 is 0. The summed E-state index contributed by atoms with van der Waals surface area (Å²) in [6.07, 6.45) is 6.49. The van der Waals surface area contributed by atoms with Crippen LogP contribution in [0.15, 0.2) is 18.2 Å². The topological polar surface area (TPSA) is 26.0 Å². The van der Waals surface area contributed by atoms with E-state index in [1.165, 1.54) is 42.4 Å². The second kappa shape index (κ2) is 6.30. The van der Waals surface area contributed by atoms with Crippen LogP contribution in [0.3, 0.4) is 0 Å². The maximum atomic E-state index is 6.18. The van der Waals surface area contributed by atoms with Gasteiger partial charge in [-0.3, -0.25) is 0 Å². The zero-order valence-electron chi connectivity index (χ0n) is 13.7. The molecule has 1 aliphatic carbocycles. The lowest BCUT2D eigenvalue weighted by Gasteiger charge is -2.41. The maximum absolute atomic E-state index is 6.18. The monoisotopic (exact) mass is 273 g/mol. The summed E-state index contributed by atoms with van der Waals surface area (Å²) < 4.78 is 0. The van der Waals surface area contributed by atoms with Crippen molar-refractivity contribution in [1.82, 2.24) is 0 Å². The van der Waals surface area contributed by atoms with Crippen molar-refractivity contribution in [3.05, 3.63) is 34.9 Å². The summed E-state index contributed by atoms with van der Waals surface area (Å²) in [5, 5.41) is 0. The average Bonchev–Trinajstić information content (AvgIpc) is 2.38. The van der Waals surface area contributed by atoms with Gasteiger partial charge in [-0.2, -0.15) is 0 Å². The largest absolute Gasteiger partial charge is 0.330 e. The standard InChI is InChI=1S/C19H31N/c1-14(2)18-5-7-19(13-20,8-6-18)12-17-10-15(3)9-16(4)11-17/h9-11,14,18H,5-8,12-13,20H2,1-4H3. The van der Waals surface area contributed by atoms with E-state index in [-0.39, 0.29) is 0 Å². The first-order valence-corrected chi connectivity index (χ1v) is 8.21. The highest BCUT2D eigenvalue weighted by Gasteiger charge is 2.35. The van der Waals surface area contributed by atoms with Crippen molar-refractivity contribution in [2.24, 2.45) is 23.0 Å². The summed E-state index contributed by atoms with van der Waals surface area (Å²) in [7, 11) is 0. The first-order valence-electron chi connectivity index (χ1n) is 8.21. The van der Waals surface area contributed by atoms with Crippen molar-refractivity contribution in [2.75, 3.05) is 6.54 Å². The predicted molar refractivity (Wildman–Crippen MR) is 87.9 cm³/mol. The van der Waals surface area contributed by atoms with Gasteiger partial charge in [0, 0.05) is 0 Å². The minimum absolute atomic E-state index is 0.353. The molecule has 0 spiro atoms. The van der Waals surface area contributed by atoms with Gasteiger partial charge in [0.1, 0.15) is 0 Å². The molecule has 20 heavy (non-hydrogen) atoms. The summed E-state index contributed by atoms with van der Waals surface area (Å²) in [5.41, 5.74) is 10.8. The van der Waals surface area contributed by atoms with E-state index in [2.05, 4.69) is 45.9 Å². The van der Waals surface area contributed by atoms with Crippen molar-refractivity contribution in [2.45, 2.75) is 59.8 Å². The van der Waals surface area contributed by atoms with Gasteiger partial charge in [0.2, 0.25) is 0 Å². The van der Waals surface area contributed by atoms with E-state index in [1.807, 2.05) is 0 Å². The molecule has 0 aliphatic heterocycles. The molecule has 0 amide bonds. The lowest BCUT2D eigenvalue weighted by atomic mass is 9.65. The molecule has 0 bridgehead atoms. The minimum atomic E-state index is 0.353. The van der Waals surface area contributed by atoms with Crippen LogP contribution in [0.2, 0.25) is 0 Å². The molecule has 1 nitrogen and oxygen atoms in total. The number of aryl methyl sites for hydroxylation is 2. The quantitative estimate of drug-likeness (QED) is 0.850. The summed E-state index contributed by atoms with van der Waals surface area (Å²) in [5.74, 6) is 1.74. The van der Waals surface area contributed by atoms with E-state index in [4.69, 9.17) is 5.73 Å². The Bertz CT molecular complexity index is 419. The van der Waals surface area contributed by atoms with Crippen LogP contribution in [0, 0.1) is 31.1 Å². The first-order chi connectivity index (χ1) is 9.44. The fourth-order valence-electron chi connectivity index (χ4n) is 3.98. The van der Waals surface area contributed by atoms with E-state index in [0.29, 0.717) is 5.41 Å². The zero-order valence-corrected chi connectivity index (χ0v) is 13.7. The molecular formula is C19H31N. The molecule has 0 radical (unpaired) electrons. The van der Waals surface area contributed by atoms with Crippen LogP contribution >= 0.6 is 0 Å².